The quantitative estimate of drug-likeness (QED) is 0.163. The van der Waals surface area contributed by atoms with Gasteiger partial charge in [-0.15, -0.1) is 10.2 Å². The Balaban J connectivity index is 1.34. The van der Waals surface area contributed by atoms with Gasteiger partial charge in [-0.05, 0) is 71.8 Å². The number of carbonyl (C=O) groups is 1. The highest BCUT2D eigenvalue weighted by molar-refractivity contribution is 7.99. The molecule has 0 radical (unpaired) electrons. The van der Waals surface area contributed by atoms with Crippen LogP contribution in [0.1, 0.15) is 17.0 Å². The summed E-state index contributed by atoms with van der Waals surface area (Å²) in [5, 5.41) is 12.5. The molecule has 43 heavy (non-hydrogen) atoms. The van der Waals surface area contributed by atoms with Crippen molar-refractivity contribution < 1.29 is 23.7 Å². The maximum absolute atomic E-state index is 12.8. The van der Waals surface area contributed by atoms with Crippen molar-refractivity contribution in [2.45, 2.75) is 18.1 Å². The topological polar surface area (TPSA) is 96.7 Å². The third-order valence-corrected chi connectivity index (χ3v) is 7.49. The van der Waals surface area contributed by atoms with Crippen molar-refractivity contribution in [1.29, 1.82) is 0 Å². The van der Waals surface area contributed by atoms with Crippen molar-refractivity contribution in [3.8, 4) is 34.4 Å². The van der Waals surface area contributed by atoms with Gasteiger partial charge < -0.3 is 24.3 Å². The van der Waals surface area contributed by atoms with E-state index in [0.717, 1.165) is 28.3 Å². The molecular formula is C33H32N4O5S. The summed E-state index contributed by atoms with van der Waals surface area (Å²) in [6, 6.07) is 30.7. The highest BCUT2D eigenvalue weighted by Gasteiger charge is 2.18. The summed E-state index contributed by atoms with van der Waals surface area (Å²) in [5.41, 5.74) is 2.81. The van der Waals surface area contributed by atoms with Crippen molar-refractivity contribution in [3.63, 3.8) is 0 Å². The van der Waals surface area contributed by atoms with Gasteiger partial charge >= 0.3 is 0 Å². The van der Waals surface area contributed by atoms with Crippen LogP contribution in [0.3, 0.4) is 0 Å². The molecule has 1 aromatic heterocycles. The van der Waals surface area contributed by atoms with E-state index in [-0.39, 0.29) is 11.7 Å². The first-order chi connectivity index (χ1) is 21.1. The number of methoxy groups -OCH3 is 3. The van der Waals surface area contributed by atoms with E-state index in [1.807, 2.05) is 102 Å². The molecule has 1 amide bonds. The number of ether oxygens (including phenoxy) is 4. The highest BCUT2D eigenvalue weighted by Crippen LogP contribution is 2.30. The van der Waals surface area contributed by atoms with Gasteiger partial charge in [0.15, 0.2) is 16.7 Å². The van der Waals surface area contributed by atoms with E-state index in [1.54, 1.807) is 21.3 Å². The van der Waals surface area contributed by atoms with Gasteiger partial charge in [0.1, 0.15) is 23.1 Å². The number of aromatic nitrogens is 3. The summed E-state index contributed by atoms with van der Waals surface area (Å²) in [4.78, 5) is 12.8. The summed E-state index contributed by atoms with van der Waals surface area (Å²) < 4.78 is 24.0. The van der Waals surface area contributed by atoms with Crippen LogP contribution in [0.25, 0.3) is 5.69 Å². The van der Waals surface area contributed by atoms with Gasteiger partial charge in [0.2, 0.25) is 5.91 Å². The number of thioether (sulfide) groups is 1. The zero-order chi connectivity index (χ0) is 30.0. The van der Waals surface area contributed by atoms with Crippen molar-refractivity contribution in [1.82, 2.24) is 20.1 Å². The lowest BCUT2D eigenvalue weighted by atomic mass is 10.1. The van der Waals surface area contributed by atoms with Crippen molar-refractivity contribution in [3.05, 3.63) is 114 Å². The van der Waals surface area contributed by atoms with Crippen LogP contribution in [0.5, 0.6) is 28.7 Å². The lowest BCUT2D eigenvalue weighted by Crippen LogP contribution is -2.24. The van der Waals surface area contributed by atoms with Gasteiger partial charge in [-0.3, -0.25) is 9.36 Å². The molecule has 10 heteroatoms. The van der Waals surface area contributed by atoms with Crippen LogP contribution < -0.4 is 24.3 Å². The zero-order valence-electron chi connectivity index (χ0n) is 24.2. The molecule has 0 saturated carbocycles. The molecule has 1 N–H and O–H groups in total. The summed E-state index contributed by atoms with van der Waals surface area (Å²) >= 11 is 1.32. The van der Waals surface area contributed by atoms with Crippen LogP contribution in [0.15, 0.2) is 102 Å². The Hall–Kier alpha value is -4.96. The van der Waals surface area contributed by atoms with E-state index in [2.05, 4.69) is 15.5 Å². The van der Waals surface area contributed by atoms with Gasteiger partial charge in [-0.25, -0.2) is 0 Å². The molecule has 5 rings (SSSR count). The number of carbonyl (C=O) groups excluding carboxylic acids is 1. The number of hydrogen-bond acceptors (Lipinski definition) is 8. The molecular weight excluding hydrogens is 564 g/mol. The van der Waals surface area contributed by atoms with E-state index in [1.165, 1.54) is 11.8 Å². The van der Waals surface area contributed by atoms with Crippen LogP contribution in [0, 0.1) is 0 Å². The van der Waals surface area contributed by atoms with Crippen molar-refractivity contribution in [2.24, 2.45) is 0 Å². The number of benzene rings is 4. The second-order valence-corrected chi connectivity index (χ2v) is 10.4. The first kappa shape index (κ1) is 29.5. The maximum atomic E-state index is 12.8. The molecule has 0 atom stereocenters. The summed E-state index contributed by atoms with van der Waals surface area (Å²) in [6.45, 7) is 0.420. The largest absolute Gasteiger partial charge is 0.497 e. The number of hydrogen-bond donors (Lipinski definition) is 1. The van der Waals surface area contributed by atoms with E-state index in [0.29, 0.717) is 41.2 Å². The number of rotatable bonds is 13. The summed E-state index contributed by atoms with van der Waals surface area (Å²) in [6.07, 6.45) is 0.486. The Labute approximate surface area is 254 Å². The molecule has 4 aromatic carbocycles. The molecule has 0 unspecified atom stereocenters. The molecule has 0 fully saturated rings. The van der Waals surface area contributed by atoms with Gasteiger partial charge in [-0.2, -0.15) is 0 Å². The number of para-hydroxylation sites is 1. The van der Waals surface area contributed by atoms with Crippen LogP contribution in [0.2, 0.25) is 0 Å². The fraction of sp³-hybridized carbons (Fsp3) is 0.182. The SMILES string of the molecule is COc1ccc(CNC(=O)CSc2nnc(Cc3ccc(OC)c(OC)c3)n2-c2ccc(Oc3ccccc3)cc2)cc1. The third-order valence-electron chi connectivity index (χ3n) is 6.57. The Morgan fingerprint density at radius 3 is 2.12 bits per heavy atom. The van der Waals surface area contributed by atoms with E-state index < -0.39 is 0 Å². The molecule has 0 spiro atoms. The monoisotopic (exact) mass is 596 g/mol. The van der Waals surface area contributed by atoms with Crippen LogP contribution in [-0.2, 0) is 17.8 Å². The molecule has 0 aliphatic rings. The first-order valence-corrected chi connectivity index (χ1v) is 14.6. The van der Waals surface area contributed by atoms with E-state index in [4.69, 9.17) is 18.9 Å². The third kappa shape index (κ3) is 7.66. The Kier molecular flexibility index (Phi) is 9.81. The van der Waals surface area contributed by atoms with Gasteiger partial charge in [0, 0.05) is 18.7 Å². The lowest BCUT2D eigenvalue weighted by Gasteiger charge is -2.13. The minimum absolute atomic E-state index is 0.108. The molecule has 220 valence electrons. The van der Waals surface area contributed by atoms with E-state index in [9.17, 15) is 4.79 Å². The minimum Gasteiger partial charge on any atom is -0.497 e. The Morgan fingerprint density at radius 1 is 0.744 bits per heavy atom. The number of amides is 1. The second-order valence-electron chi connectivity index (χ2n) is 9.42. The Morgan fingerprint density at radius 2 is 1.42 bits per heavy atom. The lowest BCUT2D eigenvalue weighted by molar-refractivity contribution is -0.118. The molecule has 9 nitrogen and oxygen atoms in total. The smallest absolute Gasteiger partial charge is 0.230 e. The van der Waals surface area contributed by atoms with Crippen molar-refractivity contribution >= 4 is 17.7 Å². The van der Waals surface area contributed by atoms with E-state index >= 15 is 0 Å². The molecule has 0 aliphatic carbocycles. The highest BCUT2D eigenvalue weighted by atomic mass is 32.2. The van der Waals surface area contributed by atoms with Gasteiger partial charge in [0.05, 0.1) is 27.1 Å². The predicted molar refractivity (Wildman–Crippen MR) is 166 cm³/mol. The maximum Gasteiger partial charge on any atom is 0.230 e. The molecule has 1 heterocycles. The van der Waals surface area contributed by atoms with Crippen LogP contribution >= 0.6 is 11.8 Å². The summed E-state index contributed by atoms with van der Waals surface area (Å²) in [5.74, 6) is 4.30. The minimum atomic E-state index is -0.108. The standard InChI is InChI=1S/C33H32N4O5S/c1-39-26-14-9-23(10-15-26)21-34-32(38)22-43-33-36-35-31(20-24-11-18-29(40-2)30(19-24)41-3)37(33)25-12-16-28(17-13-25)42-27-7-5-4-6-8-27/h4-19H,20-22H2,1-3H3,(H,34,38). The number of nitrogens with zero attached hydrogens (tertiary/aromatic N) is 3. The van der Waals surface area contributed by atoms with Crippen LogP contribution in [-0.4, -0.2) is 47.8 Å². The molecule has 0 aliphatic heterocycles. The first-order valence-electron chi connectivity index (χ1n) is 13.6. The van der Waals surface area contributed by atoms with Gasteiger partial charge in [0.25, 0.3) is 0 Å². The second kappa shape index (κ2) is 14.3. The van der Waals surface area contributed by atoms with Crippen LogP contribution in [0.4, 0.5) is 0 Å². The van der Waals surface area contributed by atoms with Gasteiger partial charge in [-0.1, -0.05) is 48.2 Å². The summed E-state index contributed by atoms with van der Waals surface area (Å²) in [7, 11) is 4.84. The fourth-order valence-corrected chi connectivity index (χ4v) is 5.15. The molecule has 0 bridgehead atoms. The zero-order valence-corrected chi connectivity index (χ0v) is 25.0. The van der Waals surface area contributed by atoms with Crippen molar-refractivity contribution in [2.75, 3.05) is 27.1 Å². The Bertz CT molecular complexity index is 1640. The number of nitrogens with one attached hydrogen (secondary N) is 1. The molecule has 0 saturated heterocycles. The molecule has 5 aromatic rings. The normalized spacial score (nSPS) is 10.7. The average Bonchev–Trinajstić information content (AvgIpc) is 3.45. The average molecular weight is 597 g/mol. The predicted octanol–water partition coefficient (Wildman–Crippen LogP) is 6.08. The fourth-order valence-electron chi connectivity index (χ4n) is 4.35.